The van der Waals surface area contributed by atoms with Crippen LogP contribution in [-0.2, 0) is 9.84 Å². The van der Waals surface area contributed by atoms with Crippen molar-refractivity contribution in [1.29, 1.82) is 0 Å². The normalized spacial score (nSPS) is 20.8. The van der Waals surface area contributed by atoms with Gasteiger partial charge in [-0.25, -0.2) is 13.4 Å². The maximum Gasteiger partial charge on any atom is 0.387 e. The summed E-state index contributed by atoms with van der Waals surface area (Å²) >= 11 is 0. The van der Waals surface area contributed by atoms with E-state index in [1.165, 1.54) is 18.2 Å². The summed E-state index contributed by atoms with van der Waals surface area (Å²) in [5, 5.41) is 10.8. The van der Waals surface area contributed by atoms with Gasteiger partial charge in [-0.2, -0.15) is 8.78 Å². The molecule has 0 fully saturated rings. The van der Waals surface area contributed by atoms with E-state index in [0.29, 0.717) is 16.9 Å². The first-order valence-corrected chi connectivity index (χ1v) is 12.0. The SMILES string of the molecule is [2H][C@@]1(O)CC(c2ccccc2OC(F)F)c2c1nc1ccc(-c3ccc(S(C)(=O)=O)cc3)cn21. The summed E-state index contributed by atoms with van der Waals surface area (Å²) in [5.74, 6) is -0.626. The second-order valence-corrected chi connectivity index (χ2v) is 9.92. The second kappa shape index (κ2) is 7.93. The maximum absolute atomic E-state index is 13.0. The zero-order valence-electron chi connectivity index (χ0n) is 18.4. The number of benzene rings is 2. The Bertz CT molecular complexity index is 1500. The molecule has 5 rings (SSSR count). The Morgan fingerprint density at radius 1 is 1.12 bits per heavy atom. The first-order chi connectivity index (χ1) is 16.0. The third-order valence-electron chi connectivity index (χ3n) is 5.78. The van der Waals surface area contributed by atoms with Gasteiger partial charge in [-0.15, -0.1) is 0 Å². The number of halogens is 2. The number of hydrogen-bond donors (Lipinski definition) is 1. The minimum absolute atomic E-state index is 0.0198. The third-order valence-corrected chi connectivity index (χ3v) is 6.91. The fourth-order valence-corrected chi connectivity index (χ4v) is 4.92. The van der Waals surface area contributed by atoms with E-state index in [4.69, 9.17) is 6.11 Å². The van der Waals surface area contributed by atoms with Gasteiger partial charge in [-0.1, -0.05) is 30.3 Å². The van der Waals surface area contributed by atoms with Crippen molar-refractivity contribution in [2.45, 2.75) is 29.9 Å². The number of imidazole rings is 1. The predicted octanol–water partition coefficient (Wildman–Crippen LogP) is 4.58. The first-order valence-electron chi connectivity index (χ1n) is 10.6. The molecule has 33 heavy (non-hydrogen) atoms. The van der Waals surface area contributed by atoms with Crippen LogP contribution in [0.3, 0.4) is 0 Å². The number of pyridine rings is 1. The Morgan fingerprint density at radius 2 is 1.82 bits per heavy atom. The van der Waals surface area contributed by atoms with Crippen molar-refractivity contribution >= 4 is 15.5 Å². The van der Waals surface area contributed by atoms with Gasteiger partial charge < -0.3 is 14.2 Å². The van der Waals surface area contributed by atoms with E-state index in [0.717, 1.165) is 17.4 Å². The molecule has 6 nitrogen and oxygen atoms in total. The summed E-state index contributed by atoms with van der Waals surface area (Å²) in [6.07, 6.45) is 0.855. The molecule has 0 bridgehead atoms. The van der Waals surface area contributed by atoms with Crippen molar-refractivity contribution in [3.8, 4) is 16.9 Å². The molecule has 0 saturated carbocycles. The molecule has 2 atom stereocenters. The lowest BCUT2D eigenvalue weighted by molar-refractivity contribution is -0.0506. The van der Waals surface area contributed by atoms with Crippen molar-refractivity contribution in [2.75, 3.05) is 6.26 Å². The van der Waals surface area contributed by atoms with Crippen LogP contribution in [0.1, 0.15) is 36.7 Å². The topological polar surface area (TPSA) is 80.9 Å². The Labute approximate surface area is 190 Å². The monoisotopic (exact) mass is 471 g/mol. The summed E-state index contributed by atoms with van der Waals surface area (Å²) in [6, 6.07) is 16.3. The highest BCUT2D eigenvalue weighted by Crippen LogP contribution is 2.47. The van der Waals surface area contributed by atoms with Gasteiger partial charge in [-0.05, 0) is 47.9 Å². The molecular weight excluding hydrogens is 450 g/mol. The number of rotatable bonds is 5. The smallest absolute Gasteiger partial charge is 0.387 e. The predicted molar refractivity (Wildman–Crippen MR) is 118 cm³/mol. The van der Waals surface area contributed by atoms with Crippen LogP contribution in [0.2, 0.25) is 0 Å². The molecule has 2 aromatic heterocycles. The zero-order chi connectivity index (χ0) is 24.3. The van der Waals surface area contributed by atoms with Crippen LogP contribution in [0, 0.1) is 0 Å². The van der Waals surface area contributed by atoms with Crippen molar-refractivity contribution < 1.29 is 28.4 Å². The fraction of sp³-hybridized carbons (Fsp3) is 0.208. The molecule has 1 N–H and O–H groups in total. The Balaban J connectivity index is 1.65. The second-order valence-electron chi connectivity index (χ2n) is 7.91. The molecule has 1 unspecified atom stereocenters. The van der Waals surface area contributed by atoms with E-state index < -0.39 is 28.4 Å². The summed E-state index contributed by atoms with van der Waals surface area (Å²) in [5.41, 5.74) is 3.11. The summed E-state index contributed by atoms with van der Waals surface area (Å²) in [4.78, 5) is 4.66. The number of hydrogen-bond acceptors (Lipinski definition) is 5. The highest BCUT2D eigenvalue weighted by Gasteiger charge is 2.37. The number of nitrogens with zero attached hydrogens (tertiary/aromatic N) is 2. The lowest BCUT2D eigenvalue weighted by Gasteiger charge is -2.17. The van der Waals surface area contributed by atoms with E-state index in [9.17, 15) is 22.3 Å². The number of ether oxygens (including phenoxy) is 1. The molecule has 0 radical (unpaired) electrons. The van der Waals surface area contributed by atoms with Gasteiger partial charge in [-0.3, -0.25) is 0 Å². The van der Waals surface area contributed by atoms with Gasteiger partial charge in [0, 0.05) is 23.9 Å². The van der Waals surface area contributed by atoms with E-state index in [-0.39, 0.29) is 22.8 Å². The van der Waals surface area contributed by atoms with Gasteiger partial charge in [0.25, 0.3) is 0 Å². The molecule has 4 aromatic rings. The Morgan fingerprint density at radius 3 is 2.52 bits per heavy atom. The number of para-hydroxylation sites is 1. The van der Waals surface area contributed by atoms with Crippen molar-refractivity contribution in [2.24, 2.45) is 0 Å². The third kappa shape index (κ3) is 3.87. The van der Waals surface area contributed by atoms with Crippen molar-refractivity contribution in [3.05, 3.63) is 83.8 Å². The minimum Gasteiger partial charge on any atom is -0.435 e. The van der Waals surface area contributed by atoms with Gasteiger partial charge in [0.2, 0.25) is 0 Å². The number of sulfone groups is 1. The lowest BCUT2D eigenvalue weighted by atomic mass is 9.95. The van der Waals surface area contributed by atoms with Crippen LogP contribution in [0.15, 0.2) is 71.8 Å². The van der Waals surface area contributed by atoms with Crippen LogP contribution < -0.4 is 4.74 Å². The zero-order valence-corrected chi connectivity index (χ0v) is 18.3. The van der Waals surface area contributed by atoms with Crippen LogP contribution in [-0.4, -0.2) is 35.8 Å². The molecule has 0 saturated heterocycles. The number of alkyl halides is 2. The molecular formula is C24H20F2N2O4S. The minimum atomic E-state index is -3.33. The largest absolute Gasteiger partial charge is 0.435 e. The average molecular weight is 472 g/mol. The fourth-order valence-electron chi connectivity index (χ4n) is 4.29. The summed E-state index contributed by atoms with van der Waals surface area (Å²) in [6.45, 7) is -3.01. The molecule has 9 heteroatoms. The molecule has 170 valence electrons. The van der Waals surface area contributed by atoms with Crippen molar-refractivity contribution in [3.63, 3.8) is 0 Å². The van der Waals surface area contributed by atoms with Gasteiger partial charge in [0.1, 0.15) is 11.4 Å². The lowest BCUT2D eigenvalue weighted by Crippen LogP contribution is -2.08. The van der Waals surface area contributed by atoms with Crippen LogP contribution in [0.25, 0.3) is 16.8 Å². The van der Waals surface area contributed by atoms with E-state index in [1.54, 1.807) is 53.1 Å². The molecule has 0 aliphatic heterocycles. The van der Waals surface area contributed by atoms with Crippen LogP contribution in [0.5, 0.6) is 5.75 Å². The van der Waals surface area contributed by atoms with Crippen LogP contribution >= 0.6 is 0 Å². The average Bonchev–Trinajstić information content (AvgIpc) is 3.28. The molecule has 1 aliphatic rings. The quantitative estimate of drug-likeness (QED) is 0.461. The Kier molecular flexibility index (Phi) is 4.88. The summed E-state index contributed by atoms with van der Waals surface area (Å²) < 4.78 is 64.4. The van der Waals surface area contributed by atoms with Crippen molar-refractivity contribution in [1.82, 2.24) is 9.38 Å². The summed E-state index contributed by atoms with van der Waals surface area (Å²) in [7, 11) is -3.33. The molecule has 0 spiro atoms. The van der Waals surface area contributed by atoms with Gasteiger partial charge in [0.15, 0.2) is 9.84 Å². The highest BCUT2D eigenvalue weighted by atomic mass is 32.2. The van der Waals surface area contributed by atoms with E-state index >= 15 is 0 Å². The van der Waals surface area contributed by atoms with Crippen LogP contribution in [0.4, 0.5) is 8.78 Å². The molecule has 1 aliphatic carbocycles. The number of fused-ring (bicyclic) bond motifs is 3. The molecule has 2 heterocycles. The highest BCUT2D eigenvalue weighted by molar-refractivity contribution is 7.90. The standard InChI is InChI=1S/C24H20F2N2O4S/c1-33(30,31)16-9-6-14(7-10-16)15-8-11-21-27-22-19(29)12-18(23(22)28(21)13-15)17-4-2-3-5-20(17)32-24(25)26/h2-11,13,18-19,24,29H,12H2,1H3/t18?,19-/m1/s1/i19D. The number of aliphatic hydroxyl groups is 1. The van der Waals surface area contributed by atoms with Gasteiger partial charge >= 0.3 is 6.61 Å². The molecule has 2 aromatic carbocycles. The van der Waals surface area contributed by atoms with E-state index in [1.807, 2.05) is 0 Å². The van der Waals surface area contributed by atoms with E-state index in [2.05, 4.69) is 4.98 Å². The molecule has 0 amide bonds. The Hall–Kier alpha value is -3.30. The number of aromatic nitrogens is 2. The van der Waals surface area contributed by atoms with Gasteiger partial charge in [0.05, 0.1) is 23.7 Å². The first kappa shape index (κ1) is 20.3. The maximum atomic E-state index is 13.0.